The van der Waals surface area contributed by atoms with E-state index in [-0.39, 0.29) is 29.8 Å². The van der Waals surface area contributed by atoms with Crippen LogP contribution in [-0.4, -0.2) is 37.0 Å². The van der Waals surface area contributed by atoms with Gasteiger partial charge in [0.25, 0.3) is 0 Å². The summed E-state index contributed by atoms with van der Waals surface area (Å²) < 4.78 is 5.30. The Morgan fingerprint density at radius 3 is 2.77 bits per heavy atom. The van der Waals surface area contributed by atoms with E-state index in [2.05, 4.69) is 13.8 Å². The summed E-state index contributed by atoms with van der Waals surface area (Å²) >= 11 is 6.01. The Kier molecular flexibility index (Phi) is 6.53. The lowest BCUT2D eigenvalue weighted by molar-refractivity contribution is -0.133. The molecule has 1 unspecified atom stereocenters. The van der Waals surface area contributed by atoms with Crippen molar-refractivity contribution in [1.82, 2.24) is 4.90 Å². The van der Waals surface area contributed by atoms with Crippen molar-refractivity contribution in [2.75, 3.05) is 20.2 Å². The van der Waals surface area contributed by atoms with Crippen molar-refractivity contribution in [3.8, 4) is 5.75 Å². The van der Waals surface area contributed by atoms with Gasteiger partial charge in [0.05, 0.1) is 13.5 Å². The number of nitrogens with zero attached hydrogens (tertiary/aromatic N) is 1. The summed E-state index contributed by atoms with van der Waals surface area (Å²) in [5.74, 6) is 0.788. The average molecular weight is 347 g/mol. The maximum absolute atomic E-state index is 12.5. The Bertz CT molecular complexity index is 535. The van der Waals surface area contributed by atoms with Crippen LogP contribution in [0.2, 0.25) is 5.02 Å². The van der Waals surface area contributed by atoms with Crippen molar-refractivity contribution < 1.29 is 9.53 Å². The minimum Gasteiger partial charge on any atom is -0.496 e. The third-order valence-electron chi connectivity index (χ3n) is 4.25. The first-order valence-electron chi connectivity index (χ1n) is 7.19. The monoisotopic (exact) mass is 346 g/mol. The normalized spacial score (nSPS) is 20.2. The summed E-state index contributed by atoms with van der Waals surface area (Å²) in [5, 5.41) is 0.611. The molecule has 0 aliphatic carbocycles. The zero-order valence-corrected chi connectivity index (χ0v) is 14.8. The van der Waals surface area contributed by atoms with Gasteiger partial charge in [0, 0.05) is 29.7 Å². The minimum absolute atomic E-state index is 0. The van der Waals surface area contributed by atoms with E-state index < -0.39 is 0 Å². The lowest BCUT2D eigenvalue weighted by Gasteiger charge is -2.42. The molecular formula is C16H24Cl2N2O2. The van der Waals surface area contributed by atoms with Crippen LogP contribution in [0, 0.1) is 5.41 Å². The molecule has 1 saturated heterocycles. The molecule has 1 aromatic carbocycles. The van der Waals surface area contributed by atoms with E-state index in [9.17, 15) is 4.79 Å². The number of carbonyl (C=O) groups is 1. The van der Waals surface area contributed by atoms with E-state index in [0.29, 0.717) is 30.3 Å². The molecule has 6 heteroatoms. The van der Waals surface area contributed by atoms with Crippen molar-refractivity contribution in [3.05, 3.63) is 28.8 Å². The van der Waals surface area contributed by atoms with Gasteiger partial charge in [-0.1, -0.05) is 25.4 Å². The summed E-state index contributed by atoms with van der Waals surface area (Å²) in [5.41, 5.74) is 6.89. The number of hydrogen-bond acceptors (Lipinski definition) is 3. The number of methoxy groups -OCH3 is 1. The lowest BCUT2D eigenvalue weighted by Crippen LogP contribution is -2.54. The molecule has 1 aliphatic rings. The van der Waals surface area contributed by atoms with Crippen molar-refractivity contribution in [2.24, 2.45) is 11.1 Å². The van der Waals surface area contributed by atoms with Gasteiger partial charge in [0.2, 0.25) is 5.91 Å². The number of nitrogens with two attached hydrogens (primary N) is 1. The molecule has 1 fully saturated rings. The van der Waals surface area contributed by atoms with Gasteiger partial charge in [-0.05, 0) is 30.0 Å². The molecule has 2 N–H and O–H groups in total. The SMILES string of the molecule is COc1ccc(Cl)cc1CC(=O)N1CCC(N)C(C)(C)C1.Cl. The van der Waals surface area contributed by atoms with Crippen molar-refractivity contribution in [1.29, 1.82) is 0 Å². The fourth-order valence-electron chi connectivity index (χ4n) is 2.75. The predicted octanol–water partition coefficient (Wildman–Crippen LogP) is 2.90. The van der Waals surface area contributed by atoms with Gasteiger partial charge in [-0.2, -0.15) is 0 Å². The highest BCUT2D eigenvalue weighted by Gasteiger charge is 2.35. The smallest absolute Gasteiger partial charge is 0.227 e. The summed E-state index contributed by atoms with van der Waals surface area (Å²) in [7, 11) is 1.60. The van der Waals surface area contributed by atoms with Gasteiger partial charge in [-0.25, -0.2) is 0 Å². The summed E-state index contributed by atoms with van der Waals surface area (Å²) in [4.78, 5) is 14.4. The Labute approximate surface area is 143 Å². The van der Waals surface area contributed by atoms with Crippen LogP contribution < -0.4 is 10.5 Å². The van der Waals surface area contributed by atoms with Crippen LogP contribution in [0.5, 0.6) is 5.75 Å². The van der Waals surface area contributed by atoms with Crippen LogP contribution in [0.25, 0.3) is 0 Å². The third kappa shape index (κ3) is 4.28. The minimum atomic E-state index is -0.0493. The molecule has 0 aromatic heterocycles. The molecule has 0 radical (unpaired) electrons. The first kappa shape index (κ1) is 19.1. The topological polar surface area (TPSA) is 55.6 Å². The number of ether oxygens (including phenoxy) is 1. The van der Waals surface area contributed by atoms with Gasteiger partial charge in [-0.3, -0.25) is 4.79 Å². The van der Waals surface area contributed by atoms with Gasteiger partial charge >= 0.3 is 0 Å². The molecule has 124 valence electrons. The maximum atomic E-state index is 12.5. The van der Waals surface area contributed by atoms with Gasteiger partial charge in [-0.15, -0.1) is 12.4 Å². The van der Waals surface area contributed by atoms with Crippen LogP contribution in [0.15, 0.2) is 18.2 Å². The number of hydrogen-bond donors (Lipinski definition) is 1. The molecule has 1 atom stereocenters. The van der Waals surface area contributed by atoms with E-state index in [0.717, 1.165) is 12.0 Å². The number of piperidine rings is 1. The molecule has 0 spiro atoms. The second kappa shape index (κ2) is 7.53. The van der Waals surface area contributed by atoms with Crippen molar-refractivity contribution >= 4 is 29.9 Å². The fourth-order valence-corrected chi connectivity index (χ4v) is 2.94. The number of amides is 1. The molecule has 1 aromatic rings. The maximum Gasteiger partial charge on any atom is 0.227 e. The predicted molar refractivity (Wildman–Crippen MR) is 91.9 cm³/mol. The van der Waals surface area contributed by atoms with E-state index in [1.807, 2.05) is 4.90 Å². The Morgan fingerprint density at radius 2 is 2.18 bits per heavy atom. The molecule has 0 bridgehead atoms. The number of benzene rings is 1. The molecule has 1 heterocycles. The number of rotatable bonds is 3. The lowest BCUT2D eigenvalue weighted by atomic mass is 9.79. The Hall–Kier alpha value is -0.970. The zero-order chi connectivity index (χ0) is 15.6. The van der Waals surface area contributed by atoms with Crippen molar-refractivity contribution in [3.63, 3.8) is 0 Å². The Morgan fingerprint density at radius 1 is 1.50 bits per heavy atom. The second-order valence-electron chi connectivity index (χ2n) is 6.33. The average Bonchev–Trinajstić information content (AvgIpc) is 2.42. The first-order valence-corrected chi connectivity index (χ1v) is 7.57. The van der Waals surface area contributed by atoms with E-state index in [4.69, 9.17) is 22.1 Å². The van der Waals surface area contributed by atoms with E-state index >= 15 is 0 Å². The quantitative estimate of drug-likeness (QED) is 0.915. The summed E-state index contributed by atoms with van der Waals surface area (Å²) in [6.45, 7) is 5.62. The molecule has 0 saturated carbocycles. The van der Waals surface area contributed by atoms with Crippen LogP contribution in [0.3, 0.4) is 0 Å². The van der Waals surface area contributed by atoms with Crippen LogP contribution in [0.1, 0.15) is 25.8 Å². The van der Waals surface area contributed by atoms with Gasteiger partial charge in [0.15, 0.2) is 0 Å². The molecule has 2 rings (SSSR count). The highest BCUT2D eigenvalue weighted by molar-refractivity contribution is 6.30. The van der Waals surface area contributed by atoms with E-state index in [1.54, 1.807) is 25.3 Å². The largest absolute Gasteiger partial charge is 0.496 e. The molecule has 22 heavy (non-hydrogen) atoms. The standard InChI is InChI=1S/C16H23ClN2O2.ClH/c1-16(2)10-19(7-6-14(16)18)15(20)9-11-8-12(17)4-5-13(11)21-3;/h4-5,8,14H,6-7,9-10,18H2,1-3H3;1H. The molecule has 1 amide bonds. The molecular weight excluding hydrogens is 323 g/mol. The van der Waals surface area contributed by atoms with Crippen LogP contribution in [-0.2, 0) is 11.2 Å². The first-order chi connectivity index (χ1) is 9.83. The highest BCUT2D eigenvalue weighted by atomic mass is 35.5. The van der Waals surface area contributed by atoms with Crippen LogP contribution >= 0.6 is 24.0 Å². The highest BCUT2D eigenvalue weighted by Crippen LogP contribution is 2.29. The molecule has 1 aliphatic heterocycles. The van der Waals surface area contributed by atoms with Crippen molar-refractivity contribution in [2.45, 2.75) is 32.7 Å². The number of likely N-dealkylation sites (tertiary alicyclic amines) is 1. The zero-order valence-electron chi connectivity index (χ0n) is 13.3. The Balaban J connectivity index is 0.00000242. The number of carbonyl (C=O) groups excluding carboxylic acids is 1. The van der Waals surface area contributed by atoms with Gasteiger partial charge in [0.1, 0.15) is 5.75 Å². The molecule has 4 nitrogen and oxygen atoms in total. The van der Waals surface area contributed by atoms with Crippen LogP contribution in [0.4, 0.5) is 0 Å². The fraction of sp³-hybridized carbons (Fsp3) is 0.562. The summed E-state index contributed by atoms with van der Waals surface area (Å²) in [6, 6.07) is 5.49. The summed E-state index contributed by atoms with van der Waals surface area (Å²) in [6.07, 6.45) is 1.14. The van der Waals surface area contributed by atoms with E-state index in [1.165, 1.54) is 0 Å². The second-order valence-corrected chi connectivity index (χ2v) is 6.77. The third-order valence-corrected chi connectivity index (χ3v) is 4.48. The van der Waals surface area contributed by atoms with Gasteiger partial charge < -0.3 is 15.4 Å². The number of halogens is 2.